The lowest BCUT2D eigenvalue weighted by atomic mass is 9.86. The van der Waals surface area contributed by atoms with Gasteiger partial charge in [0.1, 0.15) is 5.60 Å². The topological polar surface area (TPSA) is 57.6 Å². The highest BCUT2D eigenvalue weighted by Crippen LogP contribution is 2.42. The number of hydrogen-bond donors (Lipinski definition) is 1. The minimum absolute atomic E-state index is 0.166. The number of nitrogens with zero attached hydrogens (tertiary/aromatic N) is 1. The van der Waals surface area contributed by atoms with Gasteiger partial charge in [-0.15, -0.1) is 0 Å². The molecule has 1 N–H and O–H groups in total. The highest BCUT2D eigenvalue weighted by Gasteiger charge is 2.38. The Kier molecular flexibility index (Phi) is 4.09. The van der Waals surface area contributed by atoms with Crippen molar-refractivity contribution in [3.05, 3.63) is 95.1 Å². The van der Waals surface area contributed by atoms with Crippen LogP contribution in [0.3, 0.4) is 0 Å². The van der Waals surface area contributed by atoms with Crippen molar-refractivity contribution in [2.75, 3.05) is 4.31 Å². The van der Waals surface area contributed by atoms with Crippen molar-refractivity contribution in [2.24, 2.45) is 0 Å². The van der Waals surface area contributed by atoms with Crippen molar-refractivity contribution in [1.82, 2.24) is 0 Å². The zero-order valence-electron chi connectivity index (χ0n) is 15.3. The number of sulfonamides is 1. The molecule has 27 heavy (non-hydrogen) atoms. The fourth-order valence-electron chi connectivity index (χ4n) is 3.67. The quantitative estimate of drug-likeness (QED) is 0.733. The van der Waals surface area contributed by atoms with Crippen molar-refractivity contribution < 1.29 is 13.5 Å². The summed E-state index contributed by atoms with van der Waals surface area (Å²) >= 11 is 0. The largest absolute Gasteiger partial charge is 0.381 e. The van der Waals surface area contributed by atoms with Gasteiger partial charge in [-0.25, -0.2) is 8.42 Å². The van der Waals surface area contributed by atoms with Crippen LogP contribution in [-0.2, 0) is 22.2 Å². The third-order valence-electron chi connectivity index (χ3n) is 5.16. The summed E-state index contributed by atoms with van der Waals surface area (Å²) in [5, 5.41) is 11.3. The first-order valence-corrected chi connectivity index (χ1v) is 10.3. The van der Waals surface area contributed by atoms with Crippen LogP contribution in [0.25, 0.3) is 0 Å². The van der Waals surface area contributed by atoms with E-state index in [-0.39, 0.29) is 11.4 Å². The molecule has 0 fully saturated rings. The fourth-order valence-corrected chi connectivity index (χ4v) is 5.13. The summed E-state index contributed by atoms with van der Waals surface area (Å²) in [5.41, 5.74) is 2.29. The number of anilines is 1. The van der Waals surface area contributed by atoms with Gasteiger partial charge >= 0.3 is 0 Å². The van der Waals surface area contributed by atoms with Gasteiger partial charge in [0.2, 0.25) is 0 Å². The average Bonchev–Trinajstić information content (AvgIpc) is 2.76. The number of hydrogen-bond acceptors (Lipinski definition) is 3. The molecule has 0 aliphatic carbocycles. The average molecular weight is 379 g/mol. The molecular weight excluding hydrogens is 358 g/mol. The summed E-state index contributed by atoms with van der Waals surface area (Å²) in [6, 6.07) is 21.4. The molecule has 1 atom stereocenters. The molecule has 3 aromatic carbocycles. The molecule has 0 saturated heterocycles. The molecule has 138 valence electrons. The summed E-state index contributed by atoms with van der Waals surface area (Å²) in [6.45, 7) is 3.80. The van der Waals surface area contributed by atoms with Crippen molar-refractivity contribution in [2.45, 2.75) is 30.9 Å². The molecule has 0 aromatic heterocycles. The SMILES string of the molecule is Cc1ccc(S(=O)(=O)N2Cc3ccccc3[C@](C)(O)c3ccccc32)cc1. The normalized spacial score (nSPS) is 19.1. The highest BCUT2D eigenvalue weighted by molar-refractivity contribution is 7.92. The van der Waals surface area contributed by atoms with Crippen LogP contribution in [0.5, 0.6) is 0 Å². The molecule has 0 saturated carbocycles. The predicted molar refractivity (Wildman–Crippen MR) is 106 cm³/mol. The molecule has 0 radical (unpaired) electrons. The molecule has 1 heterocycles. The minimum Gasteiger partial charge on any atom is -0.381 e. The van der Waals surface area contributed by atoms with Gasteiger partial charge < -0.3 is 5.11 Å². The minimum atomic E-state index is -3.79. The van der Waals surface area contributed by atoms with E-state index in [9.17, 15) is 13.5 Å². The van der Waals surface area contributed by atoms with Crippen LogP contribution in [0.2, 0.25) is 0 Å². The molecule has 1 aliphatic rings. The van der Waals surface area contributed by atoms with E-state index in [4.69, 9.17) is 0 Å². The first-order chi connectivity index (χ1) is 12.8. The lowest BCUT2D eigenvalue weighted by Crippen LogP contribution is -2.31. The smallest absolute Gasteiger partial charge is 0.264 e. The van der Waals surface area contributed by atoms with E-state index in [1.165, 1.54) is 4.31 Å². The van der Waals surface area contributed by atoms with Crippen molar-refractivity contribution in [3.8, 4) is 0 Å². The first-order valence-electron chi connectivity index (χ1n) is 8.81. The Morgan fingerprint density at radius 3 is 2.19 bits per heavy atom. The zero-order valence-corrected chi connectivity index (χ0v) is 16.1. The maximum atomic E-state index is 13.5. The molecule has 1 aliphatic heterocycles. The van der Waals surface area contributed by atoms with E-state index >= 15 is 0 Å². The molecule has 0 unspecified atom stereocenters. The summed E-state index contributed by atoms with van der Waals surface area (Å²) < 4.78 is 28.4. The van der Waals surface area contributed by atoms with Gasteiger partial charge in [0.25, 0.3) is 10.0 Å². The third kappa shape index (κ3) is 2.83. The Hall–Kier alpha value is -2.63. The van der Waals surface area contributed by atoms with E-state index in [0.29, 0.717) is 11.3 Å². The summed E-state index contributed by atoms with van der Waals surface area (Å²) in [7, 11) is -3.79. The van der Waals surface area contributed by atoms with Gasteiger partial charge in [0.05, 0.1) is 17.1 Å². The molecule has 0 spiro atoms. The number of aliphatic hydroxyl groups is 1. The van der Waals surface area contributed by atoms with Crippen LogP contribution < -0.4 is 4.31 Å². The summed E-state index contributed by atoms with van der Waals surface area (Å²) in [6.07, 6.45) is 0. The van der Waals surface area contributed by atoms with Crippen LogP contribution in [0, 0.1) is 6.92 Å². The van der Waals surface area contributed by atoms with Crippen LogP contribution in [0.4, 0.5) is 5.69 Å². The van der Waals surface area contributed by atoms with E-state index in [1.54, 1.807) is 49.4 Å². The number of aryl methyl sites for hydroxylation is 1. The molecule has 5 heteroatoms. The molecule has 3 aromatic rings. The highest BCUT2D eigenvalue weighted by atomic mass is 32.2. The first kappa shape index (κ1) is 17.8. The molecule has 4 nitrogen and oxygen atoms in total. The van der Waals surface area contributed by atoms with Gasteiger partial charge in [-0.1, -0.05) is 60.2 Å². The number of para-hydroxylation sites is 1. The summed E-state index contributed by atoms with van der Waals surface area (Å²) in [5.74, 6) is 0. The van der Waals surface area contributed by atoms with Crippen LogP contribution in [-0.4, -0.2) is 13.5 Å². The fraction of sp³-hybridized carbons (Fsp3) is 0.182. The van der Waals surface area contributed by atoms with E-state index in [0.717, 1.165) is 16.7 Å². The van der Waals surface area contributed by atoms with Crippen molar-refractivity contribution >= 4 is 15.7 Å². The maximum Gasteiger partial charge on any atom is 0.264 e. The van der Waals surface area contributed by atoms with Gasteiger partial charge in [0, 0.05) is 5.56 Å². The number of rotatable bonds is 2. The van der Waals surface area contributed by atoms with Crippen LogP contribution in [0.15, 0.2) is 77.7 Å². The predicted octanol–water partition coefficient (Wildman–Crippen LogP) is 3.96. The zero-order chi connectivity index (χ0) is 19.2. The van der Waals surface area contributed by atoms with Gasteiger partial charge in [-0.05, 0) is 43.2 Å². The van der Waals surface area contributed by atoms with E-state index in [2.05, 4.69) is 0 Å². The second-order valence-corrected chi connectivity index (χ2v) is 8.93. The standard InChI is InChI=1S/C22H21NO3S/c1-16-11-13-18(14-12-16)27(25,26)23-15-17-7-3-4-8-19(17)22(2,24)20-9-5-6-10-21(20)23/h3-14,24H,15H2,1-2H3/t22-/m0/s1. The van der Waals surface area contributed by atoms with Gasteiger partial charge in [-0.2, -0.15) is 0 Å². The Morgan fingerprint density at radius 2 is 1.48 bits per heavy atom. The lowest BCUT2D eigenvalue weighted by Gasteiger charge is -2.28. The Labute approximate surface area is 159 Å². The van der Waals surface area contributed by atoms with Crippen LogP contribution >= 0.6 is 0 Å². The molecule has 4 rings (SSSR count). The van der Waals surface area contributed by atoms with Gasteiger partial charge in [0.15, 0.2) is 0 Å². The molecule has 0 amide bonds. The van der Waals surface area contributed by atoms with Gasteiger partial charge in [-0.3, -0.25) is 4.31 Å². The van der Waals surface area contributed by atoms with Crippen LogP contribution in [0.1, 0.15) is 29.2 Å². The van der Waals surface area contributed by atoms with Crippen molar-refractivity contribution in [3.63, 3.8) is 0 Å². The van der Waals surface area contributed by atoms with Crippen molar-refractivity contribution in [1.29, 1.82) is 0 Å². The lowest BCUT2D eigenvalue weighted by molar-refractivity contribution is 0.103. The number of benzene rings is 3. The molecule has 0 bridgehead atoms. The monoisotopic (exact) mass is 379 g/mol. The maximum absolute atomic E-state index is 13.5. The number of fused-ring (bicyclic) bond motifs is 2. The molecular formula is C22H21NO3S. The second-order valence-electron chi connectivity index (χ2n) is 7.07. The second kappa shape index (κ2) is 6.22. The Morgan fingerprint density at radius 1 is 0.889 bits per heavy atom. The van der Waals surface area contributed by atoms with E-state index in [1.807, 2.05) is 37.3 Å². The third-order valence-corrected chi connectivity index (χ3v) is 6.94. The van der Waals surface area contributed by atoms with E-state index < -0.39 is 15.6 Å². The Bertz CT molecular complexity index is 1100. The summed E-state index contributed by atoms with van der Waals surface area (Å²) in [4.78, 5) is 0.238. The Balaban J connectivity index is 1.97.